The Morgan fingerprint density at radius 3 is 2.55 bits per heavy atom. The van der Waals surface area contributed by atoms with E-state index in [9.17, 15) is 9.59 Å². The molecule has 1 aliphatic carbocycles. The minimum absolute atomic E-state index is 0.0912. The summed E-state index contributed by atoms with van der Waals surface area (Å²) in [6.07, 6.45) is 6.19. The van der Waals surface area contributed by atoms with Crippen molar-refractivity contribution in [3.05, 3.63) is 81.1 Å². The Morgan fingerprint density at radius 1 is 1.00 bits per heavy atom. The SMILES string of the molecule is Cc1cccc(CCN(Cc2cc3ccc(C)cc3[nH]c2=O)C(=O)C2CCCCC2)c1. The molecule has 1 aliphatic rings. The lowest BCUT2D eigenvalue weighted by molar-refractivity contribution is -0.137. The van der Waals surface area contributed by atoms with Gasteiger partial charge in [-0.2, -0.15) is 0 Å². The van der Waals surface area contributed by atoms with Crippen molar-refractivity contribution in [3.8, 4) is 0 Å². The van der Waals surface area contributed by atoms with Crippen LogP contribution in [0.2, 0.25) is 0 Å². The largest absolute Gasteiger partial charge is 0.338 e. The van der Waals surface area contributed by atoms with E-state index in [1.165, 1.54) is 17.5 Å². The number of aromatic nitrogens is 1. The molecule has 1 fully saturated rings. The molecule has 4 rings (SSSR count). The van der Waals surface area contributed by atoms with Crippen molar-refractivity contribution in [2.45, 2.75) is 58.9 Å². The lowest BCUT2D eigenvalue weighted by atomic mass is 9.88. The number of nitrogens with zero attached hydrogens (tertiary/aromatic N) is 1. The Labute approximate surface area is 184 Å². The van der Waals surface area contributed by atoms with Crippen LogP contribution in [0.5, 0.6) is 0 Å². The fraction of sp³-hybridized carbons (Fsp3) is 0.407. The molecule has 4 heteroatoms. The smallest absolute Gasteiger partial charge is 0.253 e. The van der Waals surface area contributed by atoms with Gasteiger partial charge in [0.2, 0.25) is 5.91 Å². The molecule has 2 aromatic carbocycles. The van der Waals surface area contributed by atoms with Crippen LogP contribution < -0.4 is 5.56 Å². The van der Waals surface area contributed by atoms with Gasteiger partial charge in [0.1, 0.15) is 0 Å². The normalized spacial score (nSPS) is 14.6. The summed E-state index contributed by atoms with van der Waals surface area (Å²) in [6.45, 7) is 5.09. The van der Waals surface area contributed by atoms with Gasteiger partial charge in [0.05, 0.1) is 6.54 Å². The van der Waals surface area contributed by atoms with Crippen LogP contribution in [0.25, 0.3) is 10.9 Å². The molecule has 162 valence electrons. The summed E-state index contributed by atoms with van der Waals surface area (Å²) in [6, 6.07) is 16.5. The van der Waals surface area contributed by atoms with Gasteiger partial charge in [0.15, 0.2) is 0 Å². The molecule has 0 bridgehead atoms. The second kappa shape index (κ2) is 9.51. The van der Waals surface area contributed by atoms with Crippen molar-refractivity contribution in [1.82, 2.24) is 9.88 Å². The number of aromatic amines is 1. The third-order valence-electron chi connectivity index (χ3n) is 6.46. The predicted octanol–water partition coefficient (Wildman–Crippen LogP) is 5.30. The standard InChI is InChI=1S/C27H32N2O2/c1-19-7-6-8-21(15-19)13-14-29(27(31)22-9-4-3-5-10-22)18-24-17-23-12-11-20(2)16-25(23)28-26(24)30/h6-8,11-12,15-17,22H,3-5,9-10,13-14,18H2,1-2H3,(H,28,30). The molecule has 0 unspecified atom stereocenters. The maximum Gasteiger partial charge on any atom is 0.253 e. The summed E-state index contributed by atoms with van der Waals surface area (Å²) in [5, 5.41) is 1.00. The van der Waals surface area contributed by atoms with E-state index < -0.39 is 0 Å². The van der Waals surface area contributed by atoms with Crippen LogP contribution in [-0.4, -0.2) is 22.3 Å². The van der Waals surface area contributed by atoms with E-state index in [0.29, 0.717) is 18.7 Å². The van der Waals surface area contributed by atoms with Gasteiger partial charge >= 0.3 is 0 Å². The molecule has 1 N–H and O–H groups in total. The second-order valence-corrected chi connectivity index (χ2v) is 9.05. The zero-order valence-electron chi connectivity index (χ0n) is 18.6. The Morgan fingerprint density at radius 2 is 1.77 bits per heavy atom. The average Bonchev–Trinajstić information content (AvgIpc) is 2.77. The number of fused-ring (bicyclic) bond motifs is 1. The van der Waals surface area contributed by atoms with Gasteiger partial charge in [-0.15, -0.1) is 0 Å². The first-order chi connectivity index (χ1) is 15.0. The number of carbonyl (C=O) groups excluding carboxylic acids is 1. The van der Waals surface area contributed by atoms with E-state index in [1.807, 2.05) is 36.1 Å². The van der Waals surface area contributed by atoms with Crippen molar-refractivity contribution in [2.24, 2.45) is 5.92 Å². The third-order valence-corrected chi connectivity index (χ3v) is 6.46. The summed E-state index contributed by atoms with van der Waals surface area (Å²) in [7, 11) is 0. The van der Waals surface area contributed by atoms with Gasteiger partial charge in [-0.25, -0.2) is 0 Å². The number of rotatable bonds is 6. The molecule has 0 radical (unpaired) electrons. The first-order valence-electron chi connectivity index (χ1n) is 11.5. The number of H-pyrrole nitrogens is 1. The van der Waals surface area contributed by atoms with Crippen molar-refractivity contribution < 1.29 is 4.79 Å². The van der Waals surface area contributed by atoms with Crippen LogP contribution in [0.3, 0.4) is 0 Å². The highest BCUT2D eigenvalue weighted by atomic mass is 16.2. The summed E-state index contributed by atoms with van der Waals surface area (Å²) in [4.78, 5) is 31.2. The Hall–Kier alpha value is -2.88. The maximum absolute atomic E-state index is 13.4. The number of pyridine rings is 1. The fourth-order valence-electron chi connectivity index (χ4n) is 4.69. The molecule has 0 atom stereocenters. The van der Waals surface area contributed by atoms with Crippen LogP contribution in [0.1, 0.15) is 54.4 Å². The molecular weight excluding hydrogens is 384 g/mol. The van der Waals surface area contributed by atoms with Crippen molar-refractivity contribution in [1.29, 1.82) is 0 Å². The van der Waals surface area contributed by atoms with Crippen LogP contribution in [0.15, 0.2) is 53.3 Å². The Balaban J connectivity index is 1.59. The van der Waals surface area contributed by atoms with Gasteiger partial charge in [-0.3, -0.25) is 9.59 Å². The van der Waals surface area contributed by atoms with E-state index in [1.54, 1.807) is 0 Å². The molecule has 0 spiro atoms. The molecule has 4 nitrogen and oxygen atoms in total. The highest BCUT2D eigenvalue weighted by Gasteiger charge is 2.26. The van der Waals surface area contributed by atoms with E-state index in [0.717, 1.165) is 48.6 Å². The molecule has 31 heavy (non-hydrogen) atoms. The summed E-state index contributed by atoms with van der Waals surface area (Å²) in [5.41, 5.74) is 4.97. The molecule has 0 saturated heterocycles. The summed E-state index contributed by atoms with van der Waals surface area (Å²) >= 11 is 0. The quantitative estimate of drug-likeness (QED) is 0.593. The molecule has 3 aromatic rings. The van der Waals surface area contributed by atoms with Gasteiger partial charge in [0.25, 0.3) is 5.56 Å². The highest BCUT2D eigenvalue weighted by Crippen LogP contribution is 2.26. The lowest BCUT2D eigenvalue weighted by Crippen LogP contribution is -2.39. The monoisotopic (exact) mass is 416 g/mol. The van der Waals surface area contributed by atoms with Crippen molar-refractivity contribution >= 4 is 16.8 Å². The number of hydrogen-bond donors (Lipinski definition) is 1. The Kier molecular flexibility index (Phi) is 6.55. The molecule has 1 amide bonds. The van der Waals surface area contributed by atoms with E-state index >= 15 is 0 Å². The minimum Gasteiger partial charge on any atom is -0.338 e. The van der Waals surface area contributed by atoms with Crippen LogP contribution in [0.4, 0.5) is 0 Å². The number of carbonyl (C=O) groups is 1. The molecular formula is C27H32N2O2. The van der Waals surface area contributed by atoms with Gasteiger partial charge in [-0.05, 0) is 61.8 Å². The fourth-order valence-corrected chi connectivity index (χ4v) is 4.69. The number of nitrogens with one attached hydrogen (secondary N) is 1. The van der Waals surface area contributed by atoms with Gasteiger partial charge < -0.3 is 9.88 Å². The molecule has 1 aromatic heterocycles. The lowest BCUT2D eigenvalue weighted by Gasteiger charge is -2.29. The number of aryl methyl sites for hydroxylation is 2. The number of amides is 1. The zero-order chi connectivity index (χ0) is 21.8. The van der Waals surface area contributed by atoms with Crippen LogP contribution in [0, 0.1) is 19.8 Å². The second-order valence-electron chi connectivity index (χ2n) is 9.05. The highest BCUT2D eigenvalue weighted by molar-refractivity contribution is 5.81. The third kappa shape index (κ3) is 5.25. The molecule has 1 saturated carbocycles. The number of benzene rings is 2. The summed E-state index contributed by atoms with van der Waals surface area (Å²) < 4.78 is 0. The van der Waals surface area contributed by atoms with E-state index in [4.69, 9.17) is 0 Å². The Bertz CT molecular complexity index is 1130. The van der Waals surface area contributed by atoms with Crippen LogP contribution >= 0.6 is 0 Å². The minimum atomic E-state index is -0.102. The van der Waals surface area contributed by atoms with E-state index in [-0.39, 0.29) is 17.4 Å². The first kappa shape index (κ1) is 21.4. The van der Waals surface area contributed by atoms with Crippen molar-refractivity contribution in [3.63, 3.8) is 0 Å². The average molecular weight is 417 g/mol. The summed E-state index contributed by atoms with van der Waals surface area (Å²) in [5.74, 6) is 0.296. The maximum atomic E-state index is 13.4. The van der Waals surface area contributed by atoms with Crippen LogP contribution in [-0.2, 0) is 17.8 Å². The molecule has 0 aliphatic heterocycles. The van der Waals surface area contributed by atoms with Gasteiger partial charge in [-0.1, -0.05) is 61.2 Å². The first-order valence-corrected chi connectivity index (χ1v) is 11.5. The van der Waals surface area contributed by atoms with E-state index in [2.05, 4.69) is 36.2 Å². The predicted molar refractivity (Wildman–Crippen MR) is 126 cm³/mol. The zero-order valence-corrected chi connectivity index (χ0v) is 18.6. The molecule has 1 heterocycles. The number of hydrogen-bond acceptors (Lipinski definition) is 2. The van der Waals surface area contributed by atoms with Gasteiger partial charge in [0, 0.05) is 23.5 Å². The topological polar surface area (TPSA) is 53.2 Å². The van der Waals surface area contributed by atoms with Crippen molar-refractivity contribution in [2.75, 3.05) is 6.54 Å².